The van der Waals surface area contributed by atoms with Gasteiger partial charge in [-0.25, -0.2) is 0 Å². The number of benzene rings is 1. The highest BCUT2D eigenvalue weighted by atomic mass is 32.1. The molecule has 35 heavy (non-hydrogen) atoms. The largest absolute Gasteiger partial charge is 0.494 e. The van der Waals surface area contributed by atoms with E-state index in [0.29, 0.717) is 37.0 Å². The van der Waals surface area contributed by atoms with E-state index < -0.39 is 11.8 Å². The molecule has 2 unspecified atom stereocenters. The molecule has 2 heterocycles. The number of allylic oxidation sites excluding steroid dienone is 2. The molecule has 0 saturated carbocycles. The SMILES string of the molecule is CCOc1ccc(C2C3=C(CCCC3=O)N(c3sc4c(c3C#N)CCCCC4)C(=N)C2C#N)cc1. The van der Waals surface area contributed by atoms with Crippen LogP contribution in [0.15, 0.2) is 35.5 Å². The Morgan fingerprint density at radius 3 is 2.57 bits per heavy atom. The lowest BCUT2D eigenvalue weighted by atomic mass is 9.72. The average Bonchev–Trinajstić information content (AvgIpc) is 3.04. The van der Waals surface area contributed by atoms with Crippen molar-refractivity contribution in [1.82, 2.24) is 0 Å². The summed E-state index contributed by atoms with van der Waals surface area (Å²) in [5.41, 5.74) is 4.00. The van der Waals surface area contributed by atoms with E-state index in [4.69, 9.17) is 4.74 Å². The third-order valence-electron chi connectivity index (χ3n) is 7.29. The van der Waals surface area contributed by atoms with Gasteiger partial charge in [0, 0.05) is 28.5 Å². The molecule has 0 saturated heterocycles. The van der Waals surface area contributed by atoms with Gasteiger partial charge in [0.25, 0.3) is 0 Å². The Labute approximate surface area is 209 Å². The lowest BCUT2D eigenvalue weighted by molar-refractivity contribution is -0.116. The topological polar surface area (TPSA) is 101 Å². The fraction of sp³-hybridized carbons (Fsp3) is 0.429. The summed E-state index contributed by atoms with van der Waals surface area (Å²) in [6.45, 7) is 2.48. The number of nitrogens with one attached hydrogen (secondary N) is 1. The average molecular weight is 485 g/mol. The molecule has 0 bridgehead atoms. The number of nitriles is 2. The molecule has 7 heteroatoms. The molecule has 1 aromatic heterocycles. The predicted octanol–water partition coefficient (Wildman–Crippen LogP) is 6.02. The molecule has 178 valence electrons. The van der Waals surface area contributed by atoms with Crippen LogP contribution < -0.4 is 9.64 Å². The second-order valence-corrected chi connectivity index (χ2v) is 10.4. The first kappa shape index (κ1) is 23.3. The Morgan fingerprint density at radius 2 is 1.86 bits per heavy atom. The molecule has 2 aliphatic carbocycles. The van der Waals surface area contributed by atoms with Gasteiger partial charge in [-0.3, -0.25) is 15.1 Å². The smallest absolute Gasteiger partial charge is 0.161 e. The Morgan fingerprint density at radius 1 is 1.09 bits per heavy atom. The van der Waals surface area contributed by atoms with Gasteiger partial charge >= 0.3 is 0 Å². The van der Waals surface area contributed by atoms with Crippen LogP contribution in [0, 0.1) is 34.0 Å². The van der Waals surface area contributed by atoms with E-state index in [1.54, 1.807) is 16.2 Å². The molecule has 3 aliphatic rings. The van der Waals surface area contributed by atoms with Crippen LogP contribution in [0.25, 0.3) is 0 Å². The minimum absolute atomic E-state index is 0.0412. The molecular formula is C28H28N4O2S. The second kappa shape index (κ2) is 9.68. The van der Waals surface area contributed by atoms with Gasteiger partial charge in [0.05, 0.1) is 18.2 Å². The summed E-state index contributed by atoms with van der Waals surface area (Å²) < 4.78 is 5.58. The number of anilines is 1. The van der Waals surface area contributed by atoms with E-state index in [-0.39, 0.29) is 11.6 Å². The highest BCUT2D eigenvalue weighted by Crippen LogP contribution is 2.49. The third kappa shape index (κ3) is 3.94. The first-order valence-corrected chi connectivity index (χ1v) is 13.2. The molecule has 0 fully saturated rings. The fourth-order valence-electron chi connectivity index (χ4n) is 5.71. The Hall–Kier alpha value is -3.42. The minimum atomic E-state index is -0.817. The number of ketones is 1. The Bertz CT molecular complexity index is 1290. The molecule has 1 aliphatic heterocycles. The summed E-state index contributed by atoms with van der Waals surface area (Å²) in [4.78, 5) is 16.4. The van der Waals surface area contributed by atoms with Crippen LogP contribution in [0.2, 0.25) is 0 Å². The van der Waals surface area contributed by atoms with E-state index in [9.17, 15) is 20.7 Å². The number of hydrogen-bond acceptors (Lipinski definition) is 6. The van der Waals surface area contributed by atoms with Crippen LogP contribution in [-0.4, -0.2) is 18.2 Å². The number of carbonyl (C=O) groups is 1. The van der Waals surface area contributed by atoms with Crippen molar-refractivity contribution in [2.24, 2.45) is 5.92 Å². The normalized spacial score (nSPS) is 22.1. The van der Waals surface area contributed by atoms with Crippen molar-refractivity contribution in [3.8, 4) is 17.9 Å². The predicted molar refractivity (Wildman–Crippen MR) is 136 cm³/mol. The van der Waals surface area contributed by atoms with Crippen LogP contribution in [0.3, 0.4) is 0 Å². The zero-order chi connectivity index (χ0) is 24.5. The summed E-state index contributed by atoms with van der Waals surface area (Å²) in [5.74, 6) is -0.375. The highest BCUT2D eigenvalue weighted by molar-refractivity contribution is 7.16. The van der Waals surface area contributed by atoms with Gasteiger partial charge in [-0.1, -0.05) is 18.6 Å². The third-order valence-corrected chi connectivity index (χ3v) is 8.56. The molecule has 0 spiro atoms. The quantitative estimate of drug-likeness (QED) is 0.535. The van der Waals surface area contributed by atoms with Crippen LogP contribution in [0.5, 0.6) is 5.75 Å². The molecular weight excluding hydrogens is 456 g/mol. The van der Waals surface area contributed by atoms with Crippen molar-refractivity contribution in [1.29, 1.82) is 15.9 Å². The van der Waals surface area contributed by atoms with Gasteiger partial charge in [0.15, 0.2) is 5.78 Å². The molecule has 0 radical (unpaired) electrons. The van der Waals surface area contributed by atoms with Crippen molar-refractivity contribution < 1.29 is 9.53 Å². The van der Waals surface area contributed by atoms with E-state index >= 15 is 0 Å². The number of hydrogen-bond donors (Lipinski definition) is 1. The van der Waals surface area contributed by atoms with Crippen LogP contribution in [0.1, 0.15) is 72.9 Å². The number of amidine groups is 1. The van der Waals surface area contributed by atoms with Crippen LogP contribution in [-0.2, 0) is 17.6 Å². The van der Waals surface area contributed by atoms with E-state index in [2.05, 4.69) is 12.1 Å². The lowest BCUT2D eigenvalue weighted by Crippen LogP contribution is -2.45. The fourth-order valence-corrected chi connectivity index (χ4v) is 7.08. The number of carbonyl (C=O) groups excluding carboxylic acids is 1. The van der Waals surface area contributed by atoms with Crippen LogP contribution in [0.4, 0.5) is 5.00 Å². The molecule has 6 nitrogen and oxygen atoms in total. The zero-order valence-electron chi connectivity index (χ0n) is 19.9. The number of Topliss-reactive ketones (excluding diaryl/α,β-unsaturated/α-hetero) is 1. The summed E-state index contributed by atoms with van der Waals surface area (Å²) in [5, 5.41) is 30.3. The molecule has 1 aromatic carbocycles. The van der Waals surface area contributed by atoms with Crippen molar-refractivity contribution in [2.75, 3.05) is 11.5 Å². The number of thiophene rings is 1. The number of nitrogens with zero attached hydrogens (tertiary/aromatic N) is 3. The molecule has 2 atom stereocenters. The van der Waals surface area contributed by atoms with E-state index in [1.807, 2.05) is 31.2 Å². The summed E-state index contributed by atoms with van der Waals surface area (Å²) in [6, 6.07) is 12.3. The van der Waals surface area contributed by atoms with Crippen molar-refractivity contribution in [2.45, 2.75) is 64.2 Å². The van der Waals surface area contributed by atoms with Crippen molar-refractivity contribution in [3.05, 3.63) is 57.1 Å². The van der Waals surface area contributed by atoms with E-state index in [0.717, 1.165) is 59.7 Å². The number of fused-ring (bicyclic) bond motifs is 1. The summed E-state index contributed by atoms with van der Waals surface area (Å²) in [6.07, 6.45) is 6.94. The second-order valence-electron chi connectivity index (χ2n) is 9.30. The monoisotopic (exact) mass is 484 g/mol. The zero-order valence-corrected chi connectivity index (χ0v) is 20.7. The maximum Gasteiger partial charge on any atom is 0.161 e. The highest BCUT2D eigenvalue weighted by Gasteiger charge is 2.46. The number of ether oxygens (including phenoxy) is 1. The number of aryl methyl sites for hydroxylation is 1. The van der Waals surface area contributed by atoms with Crippen molar-refractivity contribution >= 4 is 28.0 Å². The van der Waals surface area contributed by atoms with Gasteiger partial charge in [0.2, 0.25) is 0 Å². The minimum Gasteiger partial charge on any atom is -0.494 e. The maximum atomic E-state index is 13.4. The Kier molecular flexibility index (Phi) is 6.45. The van der Waals surface area contributed by atoms with E-state index in [1.165, 1.54) is 4.88 Å². The van der Waals surface area contributed by atoms with Gasteiger partial charge in [-0.05, 0) is 68.7 Å². The Balaban J connectivity index is 1.68. The summed E-state index contributed by atoms with van der Waals surface area (Å²) in [7, 11) is 0. The first-order chi connectivity index (χ1) is 17.1. The van der Waals surface area contributed by atoms with Gasteiger partial charge in [-0.2, -0.15) is 10.5 Å². The molecule has 0 amide bonds. The lowest BCUT2D eigenvalue weighted by Gasteiger charge is -2.42. The van der Waals surface area contributed by atoms with Gasteiger partial charge in [-0.15, -0.1) is 11.3 Å². The molecule has 2 aromatic rings. The van der Waals surface area contributed by atoms with Gasteiger partial charge < -0.3 is 4.74 Å². The molecule has 1 N–H and O–H groups in total. The summed E-state index contributed by atoms with van der Waals surface area (Å²) >= 11 is 1.58. The first-order valence-electron chi connectivity index (χ1n) is 12.4. The maximum absolute atomic E-state index is 13.4. The van der Waals surface area contributed by atoms with Crippen molar-refractivity contribution in [3.63, 3.8) is 0 Å². The van der Waals surface area contributed by atoms with Gasteiger partial charge in [0.1, 0.15) is 28.6 Å². The molecule has 5 rings (SSSR count). The van der Waals surface area contributed by atoms with Crippen LogP contribution >= 0.6 is 11.3 Å². The standard InChI is InChI=1S/C28H28N4O2S/c1-2-34-18-13-11-17(12-14-18)25-21(16-30)27(31)32(22-8-6-9-23(33)26(22)25)28-20(15-29)19-7-4-3-5-10-24(19)35-28/h11-14,21,25,31H,2-10H2,1H3. The number of rotatable bonds is 4.